The molecule has 0 unspecified atom stereocenters. The van der Waals surface area contributed by atoms with Crippen LogP contribution >= 0.6 is 0 Å². The van der Waals surface area contributed by atoms with Crippen LogP contribution < -0.4 is 5.32 Å². The van der Waals surface area contributed by atoms with Crippen molar-refractivity contribution in [3.63, 3.8) is 0 Å². The molecule has 0 saturated carbocycles. The molecule has 2 rings (SSSR count). The average Bonchev–Trinajstić information content (AvgIpc) is 2.37. The molecule has 1 N–H and O–H groups in total. The van der Waals surface area contributed by atoms with Gasteiger partial charge in [-0.3, -0.25) is 0 Å². The molecule has 0 fully saturated rings. The van der Waals surface area contributed by atoms with E-state index in [1.807, 2.05) is 0 Å². The Morgan fingerprint density at radius 3 is 2.45 bits per heavy atom. The standard InChI is InChI=1S/C19H27N/c1-14(2)20-13-12-19(4,5)18-15(3)10-11-16-8-6-7-9-17(16)18/h6-11,14,20H,12-13H2,1-5H3. The number of nitrogens with one attached hydrogen (secondary N) is 1. The first-order valence-electron chi connectivity index (χ1n) is 7.64. The molecule has 0 aliphatic rings. The molecule has 20 heavy (non-hydrogen) atoms. The molecule has 0 heterocycles. The van der Waals surface area contributed by atoms with Crippen molar-refractivity contribution in [2.45, 2.75) is 52.5 Å². The predicted molar refractivity (Wildman–Crippen MR) is 89.5 cm³/mol. The van der Waals surface area contributed by atoms with Crippen LogP contribution in [0.4, 0.5) is 0 Å². The van der Waals surface area contributed by atoms with Crippen molar-refractivity contribution in [3.05, 3.63) is 47.5 Å². The summed E-state index contributed by atoms with van der Waals surface area (Å²) in [5.41, 5.74) is 3.09. The minimum Gasteiger partial charge on any atom is -0.315 e. The van der Waals surface area contributed by atoms with Crippen LogP contribution in [-0.4, -0.2) is 12.6 Å². The van der Waals surface area contributed by atoms with Crippen LogP contribution in [0.25, 0.3) is 10.8 Å². The fourth-order valence-electron chi connectivity index (χ4n) is 3.08. The van der Waals surface area contributed by atoms with E-state index in [1.165, 1.54) is 21.9 Å². The molecule has 0 aliphatic heterocycles. The Bertz CT molecular complexity index is 581. The minimum absolute atomic E-state index is 0.187. The van der Waals surface area contributed by atoms with Crippen LogP contribution in [0, 0.1) is 6.92 Å². The molecular weight excluding hydrogens is 242 g/mol. The van der Waals surface area contributed by atoms with E-state index in [-0.39, 0.29) is 5.41 Å². The van der Waals surface area contributed by atoms with Crippen molar-refractivity contribution >= 4 is 10.8 Å². The lowest BCUT2D eigenvalue weighted by molar-refractivity contribution is 0.442. The highest BCUT2D eigenvalue weighted by Crippen LogP contribution is 2.35. The van der Waals surface area contributed by atoms with E-state index in [0.717, 1.165) is 13.0 Å². The Balaban J connectivity index is 2.37. The minimum atomic E-state index is 0.187. The molecule has 2 aromatic rings. The van der Waals surface area contributed by atoms with E-state index in [2.05, 4.69) is 76.3 Å². The van der Waals surface area contributed by atoms with E-state index >= 15 is 0 Å². The Labute approximate surface area is 123 Å². The molecule has 0 amide bonds. The first-order valence-corrected chi connectivity index (χ1v) is 7.64. The highest BCUT2D eigenvalue weighted by molar-refractivity contribution is 5.87. The maximum atomic E-state index is 3.54. The first kappa shape index (κ1) is 15.1. The molecule has 0 bridgehead atoms. The van der Waals surface area contributed by atoms with Crippen molar-refractivity contribution < 1.29 is 0 Å². The van der Waals surface area contributed by atoms with Gasteiger partial charge >= 0.3 is 0 Å². The Morgan fingerprint density at radius 2 is 1.75 bits per heavy atom. The summed E-state index contributed by atoms with van der Waals surface area (Å²) >= 11 is 0. The van der Waals surface area contributed by atoms with Crippen LogP contribution in [0.5, 0.6) is 0 Å². The third-order valence-electron chi connectivity index (χ3n) is 4.12. The fraction of sp³-hybridized carbons (Fsp3) is 0.474. The molecule has 0 aromatic heterocycles. The highest BCUT2D eigenvalue weighted by Gasteiger charge is 2.24. The van der Waals surface area contributed by atoms with Crippen molar-refractivity contribution in [3.8, 4) is 0 Å². The monoisotopic (exact) mass is 269 g/mol. The van der Waals surface area contributed by atoms with Crippen LogP contribution in [0.2, 0.25) is 0 Å². The summed E-state index contributed by atoms with van der Waals surface area (Å²) in [7, 11) is 0. The van der Waals surface area contributed by atoms with Gasteiger partial charge < -0.3 is 5.32 Å². The molecule has 2 aromatic carbocycles. The maximum Gasteiger partial charge on any atom is 0.00103 e. The Kier molecular flexibility index (Phi) is 4.49. The van der Waals surface area contributed by atoms with Crippen LogP contribution in [0.1, 0.15) is 45.2 Å². The van der Waals surface area contributed by atoms with Gasteiger partial charge in [0.1, 0.15) is 0 Å². The lowest BCUT2D eigenvalue weighted by Gasteiger charge is -2.29. The maximum absolute atomic E-state index is 3.54. The number of aryl methyl sites for hydroxylation is 1. The molecule has 1 heteroatoms. The van der Waals surface area contributed by atoms with Crippen molar-refractivity contribution in [1.82, 2.24) is 5.32 Å². The second-order valence-electron chi connectivity index (χ2n) is 6.72. The summed E-state index contributed by atoms with van der Waals surface area (Å²) in [6.07, 6.45) is 1.15. The summed E-state index contributed by atoms with van der Waals surface area (Å²) in [5, 5.41) is 6.29. The average molecular weight is 269 g/mol. The smallest absolute Gasteiger partial charge is 0.00103 e. The van der Waals surface area contributed by atoms with Crippen LogP contribution in [0.15, 0.2) is 36.4 Å². The van der Waals surface area contributed by atoms with Crippen LogP contribution in [0.3, 0.4) is 0 Å². The van der Waals surface area contributed by atoms with E-state index in [0.29, 0.717) is 6.04 Å². The lowest BCUT2D eigenvalue weighted by atomic mass is 9.77. The van der Waals surface area contributed by atoms with Crippen molar-refractivity contribution in [2.24, 2.45) is 0 Å². The SMILES string of the molecule is Cc1ccc2ccccc2c1C(C)(C)CCNC(C)C. The summed E-state index contributed by atoms with van der Waals surface area (Å²) in [4.78, 5) is 0. The molecule has 0 radical (unpaired) electrons. The quantitative estimate of drug-likeness (QED) is 0.821. The van der Waals surface area contributed by atoms with E-state index in [1.54, 1.807) is 0 Å². The zero-order valence-corrected chi connectivity index (χ0v) is 13.5. The van der Waals surface area contributed by atoms with E-state index in [4.69, 9.17) is 0 Å². The van der Waals surface area contributed by atoms with Gasteiger partial charge in [-0.2, -0.15) is 0 Å². The van der Waals surface area contributed by atoms with Crippen LogP contribution in [-0.2, 0) is 5.41 Å². The topological polar surface area (TPSA) is 12.0 Å². The number of hydrogen-bond acceptors (Lipinski definition) is 1. The van der Waals surface area contributed by atoms with Gasteiger partial charge in [-0.15, -0.1) is 0 Å². The summed E-state index contributed by atoms with van der Waals surface area (Å²) in [5.74, 6) is 0. The van der Waals surface area contributed by atoms with Gasteiger partial charge in [0.05, 0.1) is 0 Å². The van der Waals surface area contributed by atoms with Gasteiger partial charge in [-0.05, 0) is 47.2 Å². The van der Waals surface area contributed by atoms with Crippen molar-refractivity contribution in [2.75, 3.05) is 6.54 Å². The normalized spacial score (nSPS) is 12.3. The van der Waals surface area contributed by atoms with Gasteiger partial charge in [0.15, 0.2) is 0 Å². The molecule has 108 valence electrons. The first-order chi connectivity index (χ1) is 9.42. The third-order valence-corrected chi connectivity index (χ3v) is 4.12. The summed E-state index contributed by atoms with van der Waals surface area (Å²) < 4.78 is 0. The Hall–Kier alpha value is -1.34. The predicted octanol–water partition coefficient (Wildman–Crippen LogP) is 4.81. The summed E-state index contributed by atoms with van der Waals surface area (Å²) in [6.45, 7) is 12.4. The molecule has 0 aliphatic carbocycles. The molecular formula is C19H27N. The van der Waals surface area contributed by atoms with E-state index < -0.39 is 0 Å². The Morgan fingerprint density at radius 1 is 1.05 bits per heavy atom. The van der Waals surface area contributed by atoms with Crippen molar-refractivity contribution in [1.29, 1.82) is 0 Å². The fourth-order valence-corrected chi connectivity index (χ4v) is 3.08. The second-order valence-corrected chi connectivity index (χ2v) is 6.72. The van der Waals surface area contributed by atoms with Gasteiger partial charge in [-0.25, -0.2) is 0 Å². The molecule has 1 nitrogen and oxygen atoms in total. The lowest BCUT2D eigenvalue weighted by Crippen LogP contribution is -2.30. The molecule has 0 saturated heterocycles. The number of hydrogen-bond donors (Lipinski definition) is 1. The summed E-state index contributed by atoms with van der Waals surface area (Å²) in [6, 6.07) is 13.8. The third kappa shape index (κ3) is 3.21. The number of benzene rings is 2. The largest absolute Gasteiger partial charge is 0.315 e. The highest BCUT2D eigenvalue weighted by atomic mass is 14.9. The van der Waals surface area contributed by atoms with Gasteiger partial charge in [0.2, 0.25) is 0 Å². The number of rotatable bonds is 5. The zero-order chi connectivity index (χ0) is 14.8. The van der Waals surface area contributed by atoms with Gasteiger partial charge in [0, 0.05) is 6.04 Å². The number of fused-ring (bicyclic) bond motifs is 1. The van der Waals surface area contributed by atoms with Gasteiger partial charge in [0.25, 0.3) is 0 Å². The molecule has 0 atom stereocenters. The zero-order valence-electron chi connectivity index (χ0n) is 13.5. The second kappa shape index (κ2) is 5.97. The van der Waals surface area contributed by atoms with E-state index in [9.17, 15) is 0 Å². The van der Waals surface area contributed by atoms with Gasteiger partial charge in [-0.1, -0.05) is 64.1 Å². The molecule has 0 spiro atoms.